The smallest absolute Gasteiger partial charge is 0.344 e. The van der Waals surface area contributed by atoms with Crippen molar-refractivity contribution in [2.75, 3.05) is 13.7 Å². The molecule has 0 aromatic heterocycles. The summed E-state index contributed by atoms with van der Waals surface area (Å²) < 4.78 is 5.18. The van der Waals surface area contributed by atoms with Crippen molar-refractivity contribution in [2.45, 2.75) is 19.3 Å². The number of fused-ring (bicyclic) bond motifs is 1. The van der Waals surface area contributed by atoms with E-state index < -0.39 is 12.6 Å². The second-order valence-corrected chi connectivity index (χ2v) is 4.08. The average molecular weight is 249 g/mol. The summed E-state index contributed by atoms with van der Waals surface area (Å²) in [4.78, 5) is 15.2. The summed E-state index contributed by atoms with van der Waals surface area (Å²) in [5.41, 5.74) is 2.97. The van der Waals surface area contributed by atoms with Crippen molar-refractivity contribution in [3.05, 3.63) is 29.3 Å². The number of benzene rings is 1. The van der Waals surface area contributed by atoms with Gasteiger partial charge in [-0.25, -0.2) is 4.79 Å². The van der Waals surface area contributed by atoms with Crippen LogP contribution >= 0.6 is 0 Å². The Bertz CT molecular complexity index is 482. The summed E-state index contributed by atoms with van der Waals surface area (Å²) in [5, 5.41) is 12.4. The number of oxime groups is 1. The molecule has 0 atom stereocenters. The lowest BCUT2D eigenvalue weighted by Gasteiger charge is -2.18. The highest BCUT2D eigenvalue weighted by Crippen LogP contribution is 2.25. The molecular formula is C13H15NO4. The third-order valence-electron chi connectivity index (χ3n) is 2.85. The predicted molar refractivity (Wildman–Crippen MR) is 66.1 cm³/mol. The third kappa shape index (κ3) is 2.80. The minimum atomic E-state index is -1.03. The van der Waals surface area contributed by atoms with Crippen molar-refractivity contribution in [1.82, 2.24) is 0 Å². The molecule has 1 aliphatic rings. The van der Waals surface area contributed by atoms with E-state index in [1.165, 1.54) is 5.56 Å². The second-order valence-electron chi connectivity index (χ2n) is 4.08. The van der Waals surface area contributed by atoms with Crippen molar-refractivity contribution < 1.29 is 19.5 Å². The van der Waals surface area contributed by atoms with E-state index in [0.29, 0.717) is 0 Å². The summed E-state index contributed by atoms with van der Waals surface area (Å²) in [5.74, 6) is -0.261. The summed E-state index contributed by atoms with van der Waals surface area (Å²) in [6.45, 7) is -0.414. The minimum absolute atomic E-state index is 0.414. The van der Waals surface area contributed by atoms with Crippen LogP contribution in [-0.2, 0) is 16.1 Å². The zero-order chi connectivity index (χ0) is 13.0. The quantitative estimate of drug-likeness (QED) is 0.827. The molecule has 0 radical (unpaired) electrons. The van der Waals surface area contributed by atoms with Gasteiger partial charge in [0.25, 0.3) is 0 Å². The fourth-order valence-corrected chi connectivity index (χ4v) is 2.01. The van der Waals surface area contributed by atoms with Gasteiger partial charge in [0.2, 0.25) is 6.61 Å². The highest BCUT2D eigenvalue weighted by Gasteiger charge is 2.17. The fourth-order valence-electron chi connectivity index (χ4n) is 2.01. The molecule has 1 N–H and O–H groups in total. The zero-order valence-corrected chi connectivity index (χ0v) is 10.2. The normalized spacial score (nSPS) is 16.2. The van der Waals surface area contributed by atoms with E-state index in [4.69, 9.17) is 14.7 Å². The molecule has 0 fully saturated rings. The number of ether oxygens (including phenoxy) is 1. The van der Waals surface area contributed by atoms with Crippen molar-refractivity contribution in [1.29, 1.82) is 0 Å². The SMILES string of the molecule is COc1ccc2c(c1)C(=NOCC(=O)O)CCC2. The summed E-state index contributed by atoms with van der Waals surface area (Å²) in [6.07, 6.45) is 2.78. The Kier molecular flexibility index (Phi) is 3.82. The molecule has 1 aromatic rings. The van der Waals surface area contributed by atoms with Crippen LogP contribution in [0.2, 0.25) is 0 Å². The maximum Gasteiger partial charge on any atom is 0.344 e. The van der Waals surface area contributed by atoms with E-state index in [1.807, 2.05) is 18.2 Å². The first-order chi connectivity index (χ1) is 8.70. The number of carboxylic acid groups (broad SMARTS) is 1. The van der Waals surface area contributed by atoms with Crippen LogP contribution in [0.25, 0.3) is 0 Å². The Morgan fingerprint density at radius 1 is 1.44 bits per heavy atom. The number of methoxy groups -OCH3 is 1. The van der Waals surface area contributed by atoms with Gasteiger partial charge in [0.15, 0.2) is 0 Å². The number of hydrogen-bond donors (Lipinski definition) is 1. The van der Waals surface area contributed by atoms with Crippen LogP contribution in [0, 0.1) is 0 Å². The number of rotatable bonds is 4. The predicted octanol–water partition coefficient (Wildman–Crippen LogP) is 1.84. The van der Waals surface area contributed by atoms with Crippen LogP contribution in [0.3, 0.4) is 0 Å². The molecule has 0 amide bonds. The van der Waals surface area contributed by atoms with Crippen molar-refractivity contribution in [2.24, 2.45) is 5.16 Å². The number of carboxylic acids is 1. The number of carbonyl (C=O) groups is 1. The number of aryl methyl sites for hydroxylation is 1. The molecule has 0 saturated carbocycles. The lowest BCUT2D eigenvalue weighted by molar-refractivity contribution is -0.142. The Hall–Kier alpha value is -2.04. The highest BCUT2D eigenvalue weighted by molar-refractivity contribution is 6.02. The standard InChI is InChI=1S/C13H15NO4/c1-17-10-6-5-9-3-2-4-12(11(9)7-10)14-18-8-13(15)16/h5-7H,2-4,8H2,1H3,(H,15,16). The summed E-state index contributed by atoms with van der Waals surface area (Å²) in [7, 11) is 1.61. The van der Waals surface area contributed by atoms with Gasteiger partial charge in [0, 0.05) is 5.56 Å². The Labute approximate surface area is 105 Å². The fraction of sp³-hybridized carbons (Fsp3) is 0.385. The van der Waals surface area contributed by atoms with Crippen LogP contribution < -0.4 is 4.74 Å². The Morgan fingerprint density at radius 2 is 2.28 bits per heavy atom. The Morgan fingerprint density at radius 3 is 3.00 bits per heavy atom. The maximum atomic E-state index is 10.4. The van der Waals surface area contributed by atoms with E-state index in [9.17, 15) is 4.79 Å². The highest BCUT2D eigenvalue weighted by atomic mass is 16.6. The lowest BCUT2D eigenvalue weighted by atomic mass is 9.90. The van der Waals surface area contributed by atoms with E-state index in [0.717, 1.165) is 36.3 Å². The lowest BCUT2D eigenvalue weighted by Crippen LogP contribution is -2.13. The number of hydrogen-bond acceptors (Lipinski definition) is 4. The topological polar surface area (TPSA) is 68.1 Å². The van der Waals surface area contributed by atoms with Gasteiger partial charge in [0.1, 0.15) is 5.75 Å². The van der Waals surface area contributed by atoms with Gasteiger partial charge in [-0.2, -0.15) is 0 Å². The maximum absolute atomic E-state index is 10.4. The molecule has 0 bridgehead atoms. The molecule has 0 saturated heterocycles. The van der Waals surface area contributed by atoms with Gasteiger partial charge >= 0.3 is 5.97 Å². The molecule has 0 spiro atoms. The largest absolute Gasteiger partial charge is 0.497 e. The van der Waals surface area contributed by atoms with Crippen molar-refractivity contribution in [3.8, 4) is 5.75 Å². The summed E-state index contributed by atoms with van der Waals surface area (Å²) in [6, 6.07) is 5.84. The van der Waals surface area contributed by atoms with Gasteiger partial charge in [-0.3, -0.25) is 0 Å². The zero-order valence-electron chi connectivity index (χ0n) is 10.2. The van der Waals surface area contributed by atoms with E-state index in [2.05, 4.69) is 5.16 Å². The Balaban J connectivity index is 2.22. The van der Waals surface area contributed by atoms with E-state index in [-0.39, 0.29) is 0 Å². The molecule has 1 aromatic carbocycles. The third-order valence-corrected chi connectivity index (χ3v) is 2.85. The van der Waals surface area contributed by atoms with Crippen molar-refractivity contribution in [3.63, 3.8) is 0 Å². The number of aliphatic carboxylic acids is 1. The molecule has 0 unspecified atom stereocenters. The average Bonchev–Trinajstić information content (AvgIpc) is 2.38. The first-order valence-electron chi connectivity index (χ1n) is 5.78. The van der Waals surface area contributed by atoms with Crippen LogP contribution in [0.4, 0.5) is 0 Å². The van der Waals surface area contributed by atoms with Crippen molar-refractivity contribution >= 4 is 11.7 Å². The van der Waals surface area contributed by atoms with Gasteiger partial charge < -0.3 is 14.7 Å². The van der Waals surface area contributed by atoms with E-state index >= 15 is 0 Å². The second kappa shape index (κ2) is 5.53. The minimum Gasteiger partial charge on any atom is -0.497 e. The van der Waals surface area contributed by atoms with E-state index in [1.54, 1.807) is 7.11 Å². The molecule has 0 heterocycles. The van der Waals surface area contributed by atoms with Gasteiger partial charge in [-0.15, -0.1) is 0 Å². The monoisotopic (exact) mass is 249 g/mol. The molecule has 5 nitrogen and oxygen atoms in total. The molecule has 5 heteroatoms. The molecule has 2 rings (SSSR count). The molecular weight excluding hydrogens is 234 g/mol. The molecule has 1 aliphatic carbocycles. The first kappa shape index (κ1) is 12.4. The van der Waals surface area contributed by atoms with Crippen LogP contribution in [0.5, 0.6) is 5.75 Å². The van der Waals surface area contributed by atoms with Gasteiger partial charge in [0.05, 0.1) is 12.8 Å². The van der Waals surface area contributed by atoms with Crippen LogP contribution in [-0.4, -0.2) is 30.5 Å². The first-order valence-corrected chi connectivity index (χ1v) is 5.78. The molecule has 96 valence electrons. The summed E-state index contributed by atoms with van der Waals surface area (Å²) >= 11 is 0. The number of nitrogens with zero attached hydrogens (tertiary/aromatic N) is 1. The van der Waals surface area contributed by atoms with Gasteiger partial charge in [-0.1, -0.05) is 11.2 Å². The molecule has 18 heavy (non-hydrogen) atoms. The van der Waals surface area contributed by atoms with Crippen LogP contribution in [0.1, 0.15) is 24.0 Å². The molecule has 0 aliphatic heterocycles. The van der Waals surface area contributed by atoms with Crippen LogP contribution in [0.15, 0.2) is 23.4 Å². The van der Waals surface area contributed by atoms with Gasteiger partial charge in [-0.05, 0) is 37.0 Å².